The summed E-state index contributed by atoms with van der Waals surface area (Å²) in [6, 6.07) is 4.39. The molecule has 8 heteroatoms. The summed E-state index contributed by atoms with van der Waals surface area (Å²) in [7, 11) is 0. The first-order chi connectivity index (χ1) is 15.7. The van der Waals surface area contributed by atoms with E-state index in [1.165, 1.54) is 6.92 Å². The Kier molecular flexibility index (Phi) is 8.40. The van der Waals surface area contributed by atoms with E-state index in [4.69, 9.17) is 4.74 Å². The maximum atomic E-state index is 13.8. The minimum absolute atomic E-state index is 0.224. The Balaban J connectivity index is 3.03. The van der Waals surface area contributed by atoms with E-state index < -0.39 is 17.6 Å². The Hall–Kier alpha value is -3.03. The monoisotopic (exact) mass is 473 g/mol. The summed E-state index contributed by atoms with van der Waals surface area (Å²) < 4.78 is 7.97. The van der Waals surface area contributed by atoms with Crippen molar-refractivity contribution in [2.24, 2.45) is 10.8 Å². The first-order valence-corrected chi connectivity index (χ1v) is 11.8. The molecule has 8 nitrogen and oxygen atoms in total. The van der Waals surface area contributed by atoms with Crippen molar-refractivity contribution in [2.75, 3.05) is 11.9 Å². The van der Waals surface area contributed by atoms with Crippen molar-refractivity contribution in [1.29, 1.82) is 0 Å². The number of unbranched alkanes of at least 4 members (excludes halogenated alkanes) is 1. The van der Waals surface area contributed by atoms with E-state index in [1.54, 1.807) is 22.8 Å². The van der Waals surface area contributed by atoms with Crippen molar-refractivity contribution in [2.45, 2.75) is 80.8 Å². The van der Waals surface area contributed by atoms with E-state index in [0.29, 0.717) is 41.1 Å². The van der Waals surface area contributed by atoms with Gasteiger partial charge in [-0.15, -0.1) is 0 Å². The highest BCUT2D eigenvalue weighted by Crippen LogP contribution is 2.41. The predicted octanol–water partition coefficient (Wildman–Crippen LogP) is 5.54. The highest BCUT2D eigenvalue weighted by atomic mass is 16.5. The predicted molar refractivity (Wildman–Crippen MR) is 136 cm³/mol. The number of pyridine rings is 1. The lowest BCUT2D eigenvalue weighted by molar-refractivity contribution is -0.114. The van der Waals surface area contributed by atoms with Crippen LogP contribution in [0, 0.1) is 10.8 Å². The number of carbonyl (C=O) groups is 2. The second-order valence-corrected chi connectivity index (χ2v) is 11.1. The zero-order valence-electron chi connectivity index (χ0n) is 21.7. The van der Waals surface area contributed by atoms with Gasteiger partial charge >= 0.3 is 6.09 Å². The molecule has 1 atom stereocenters. The molecule has 3 N–H and O–H groups in total. The van der Waals surface area contributed by atoms with Gasteiger partial charge in [-0.2, -0.15) is 0 Å². The van der Waals surface area contributed by atoms with Gasteiger partial charge in [0.2, 0.25) is 5.91 Å². The molecule has 2 rings (SSSR count). The number of rotatable bonds is 8. The first-order valence-electron chi connectivity index (χ1n) is 11.8. The first kappa shape index (κ1) is 27.2. The van der Waals surface area contributed by atoms with Gasteiger partial charge in [-0.3, -0.25) is 9.59 Å². The second-order valence-electron chi connectivity index (χ2n) is 11.1. The summed E-state index contributed by atoms with van der Waals surface area (Å²) in [5.74, 6) is 0.238. The van der Waals surface area contributed by atoms with Gasteiger partial charge in [0.1, 0.15) is 5.75 Å². The molecule has 0 bridgehead atoms. The second kappa shape index (κ2) is 10.5. The van der Waals surface area contributed by atoms with Crippen LogP contribution in [0.2, 0.25) is 0 Å². The van der Waals surface area contributed by atoms with E-state index in [9.17, 15) is 19.5 Å². The van der Waals surface area contributed by atoms with Crippen molar-refractivity contribution < 1.29 is 19.4 Å². The Labute approximate surface area is 201 Å². The Morgan fingerprint density at radius 3 is 2.26 bits per heavy atom. The van der Waals surface area contributed by atoms with Crippen LogP contribution in [-0.2, 0) is 11.3 Å². The number of nitrogens with zero attached hydrogens (tertiary/aromatic N) is 1. The topological polar surface area (TPSA) is 110 Å². The fourth-order valence-corrected chi connectivity index (χ4v) is 3.92. The molecule has 0 aliphatic carbocycles. The Bertz CT molecular complexity index is 1110. The molecule has 34 heavy (non-hydrogen) atoms. The summed E-state index contributed by atoms with van der Waals surface area (Å²) in [4.78, 5) is 37.3. The lowest BCUT2D eigenvalue weighted by atomic mass is 9.83. The molecule has 1 aromatic heterocycles. The van der Waals surface area contributed by atoms with Crippen LogP contribution in [0.4, 0.5) is 10.5 Å². The van der Waals surface area contributed by atoms with Crippen LogP contribution in [0.15, 0.2) is 23.0 Å². The fourth-order valence-electron chi connectivity index (χ4n) is 3.92. The normalized spacial score (nSPS) is 12.9. The van der Waals surface area contributed by atoms with E-state index >= 15 is 0 Å². The minimum atomic E-state index is -1.18. The number of fused-ring (bicyclic) bond motifs is 1. The van der Waals surface area contributed by atoms with Gasteiger partial charge in [0.15, 0.2) is 0 Å². The number of hydrogen-bond donors (Lipinski definition) is 3. The van der Waals surface area contributed by atoms with Gasteiger partial charge in [0, 0.05) is 24.5 Å². The van der Waals surface area contributed by atoms with Gasteiger partial charge in [0.25, 0.3) is 5.56 Å². The van der Waals surface area contributed by atoms with Crippen LogP contribution < -0.4 is 20.9 Å². The molecule has 0 fully saturated rings. The van der Waals surface area contributed by atoms with Gasteiger partial charge in [-0.1, -0.05) is 54.9 Å². The Morgan fingerprint density at radius 1 is 1.12 bits per heavy atom. The van der Waals surface area contributed by atoms with Crippen LogP contribution in [0.1, 0.15) is 80.0 Å². The van der Waals surface area contributed by atoms with Crippen molar-refractivity contribution in [1.82, 2.24) is 9.88 Å². The quantitative estimate of drug-likeness (QED) is 0.436. The van der Waals surface area contributed by atoms with Crippen molar-refractivity contribution in [3.8, 4) is 5.75 Å². The molecule has 2 aromatic rings. The molecule has 1 unspecified atom stereocenters. The summed E-state index contributed by atoms with van der Waals surface area (Å²) in [5.41, 5.74) is 0.0000760. The number of anilines is 1. The van der Waals surface area contributed by atoms with Gasteiger partial charge < -0.3 is 25.0 Å². The molecule has 0 spiro atoms. The number of hydrogen-bond acceptors (Lipinski definition) is 4. The Morgan fingerprint density at radius 2 is 1.76 bits per heavy atom. The van der Waals surface area contributed by atoms with Crippen molar-refractivity contribution >= 4 is 28.5 Å². The zero-order chi connectivity index (χ0) is 25.8. The van der Waals surface area contributed by atoms with Crippen molar-refractivity contribution in [3.05, 3.63) is 34.2 Å². The number of nitrogens with one attached hydrogen (secondary N) is 2. The highest BCUT2D eigenvalue weighted by molar-refractivity contribution is 5.95. The number of carbonyl (C=O) groups excluding carboxylic acids is 1. The molecule has 0 aliphatic heterocycles. The van der Waals surface area contributed by atoms with E-state index in [-0.39, 0.29) is 16.9 Å². The summed E-state index contributed by atoms with van der Waals surface area (Å²) in [5, 5.41) is 16.1. The third-order valence-corrected chi connectivity index (χ3v) is 5.37. The fraction of sp³-hybridized carbons (Fsp3) is 0.577. The van der Waals surface area contributed by atoms with Gasteiger partial charge in [-0.25, -0.2) is 4.79 Å². The highest BCUT2D eigenvalue weighted by Gasteiger charge is 2.35. The SMILES string of the molecule is CCCCOc1c(C(NC(=O)O)C(C)(C)C)n(CC(C)(C)C)c(=O)c2ccc(NC(C)=O)cc12. The van der Waals surface area contributed by atoms with Crippen LogP contribution in [-0.4, -0.2) is 28.3 Å². The molecular weight excluding hydrogens is 434 g/mol. The minimum Gasteiger partial charge on any atom is -0.491 e. The number of amides is 2. The van der Waals surface area contributed by atoms with Crippen LogP contribution >= 0.6 is 0 Å². The number of aromatic nitrogens is 1. The number of carboxylic acid groups (broad SMARTS) is 1. The van der Waals surface area contributed by atoms with Crippen LogP contribution in [0.25, 0.3) is 10.8 Å². The maximum Gasteiger partial charge on any atom is 0.405 e. The molecule has 2 amide bonds. The van der Waals surface area contributed by atoms with Crippen LogP contribution in [0.3, 0.4) is 0 Å². The molecule has 1 aromatic carbocycles. The van der Waals surface area contributed by atoms with Gasteiger partial charge in [0.05, 0.1) is 23.7 Å². The molecule has 0 saturated carbocycles. The summed E-state index contributed by atoms with van der Waals surface area (Å²) in [6.07, 6.45) is 0.542. The average molecular weight is 474 g/mol. The molecular formula is C26H39N3O5. The standard InChI is InChI=1S/C26H39N3O5/c1-9-10-13-34-21-19-14-17(27-16(2)30)11-12-18(19)23(31)29(15-25(3,4)5)20(21)22(26(6,7)8)28-24(32)33/h11-12,14,22,28H,9-10,13,15H2,1-8H3,(H,27,30)(H,32,33). The zero-order valence-corrected chi connectivity index (χ0v) is 21.7. The smallest absolute Gasteiger partial charge is 0.405 e. The molecule has 0 saturated heterocycles. The third-order valence-electron chi connectivity index (χ3n) is 5.37. The van der Waals surface area contributed by atoms with E-state index in [1.807, 2.05) is 41.5 Å². The lowest BCUT2D eigenvalue weighted by Gasteiger charge is -2.35. The third kappa shape index (κ3) is 6.74. The lowest BCUT2D eigenvalue weighted by Crippen LogP contribution is -2.41. The molecule has 0 aliphatic rings. The molecule has 188 valence electrons. The van der Waals surface area contributed by atoms with Crippen LogP contribution in [0.5, 0.6) is 5.75 Å². The van der Waals surface area contributed by atoms with E-state index in [0.717, 1.165) is 12.8 Å². The number of benzene rings is 1. The summed E-state index contributed by atoms with van der Waals surface area (Å²) in [6.45, 7) is 16.1. The average Bonchev–Trinajstić information content (AvgIpc) is 2.67. The molecule has 1 heterocycles. The molecule has 0 radical (unpaired) electrons. The number of ether oxygens (including phenoxy) is 1. The largest absolute Gasteiger partial charge is 0.491 e. The van der Waals surface area contributed by atoms with Gasteiger partial charge in [-0.05, 0) is 35.4 Å². The maximum absolute atomic E-state index is 13.8. The van der Waals surface area contributed by atoms with Crippen molar-refractivity contribution in [3.63, 3.8) is 0 Å². The van der Waals surface area contributed by atoms with E-state index in [2.05, 4.69) is 17.6 Å². The summed E-state index contributed by atoms with van der Waals surface area (Å²) >= 11 is 0.